The maximum Gasteiger partial charge on any atom is -0.00828 e. The van der Waals surface area contributed by atoms with Crippen molar-refractivity contribution in [3.63, 3.8) is 0 Å². The van der Waals surface area contributed by atoms with Crippen LogP contribution in [0.3, 0.4) is 0 Å². The lowest BCUT2D eigenvalue weighted by Gasteiger charge is -2.29. The molecule has 0 radical (unpaired) electrons. The van der Waals surface area contributed by atoms with E-state index in [1.54, 1.807) is 22.3 Å². The SMILES string of the molecule is C1=C(C2=CCC2=C2CCCCC2)CCCC1. The molecule has 1 fully saturated rings. The standard InChI is InChI=1S/C16H22/c1-3-7-13(8-4-1)15-11-12-16(15)14-9-5-2-6-10-14/h7,11H,1-6,8-10,12H2. The molecule has 0 bridgehead atoms. The first kappa shape index (κ1) is 10.4. The van der Waals surface area contributed by atoms with Crippen molar-refractivity contribution in [2.75, 3.05) is 0 Å². The third-order valence-corrected chi connectivity index (χ3v) is 4.36. The van der Waals surface area contributed by atoms with Gasteiger partial charge in [0.25, 0.3) is 0 Å². The molecule has 86 valence electrons. The van der Waals surface area contributed by atoms with Gasteiger partial charge in [0.2, 0.25) is 0 Å². The molecule has 0 aromatic rings. The van der Waals surface area contributed by atoms with Gasteiger partial charge in [-0.1, -0.05) is 24.1 Å². The van der Waals surface area contributed by atoms with Crippen LogP contribution in [0.2, 0.25) is 0 Å². The summed E-state index contributed by atoms with van der Waals surface area (Å²) >= 11 is 0. The molecule has 0 heteroatoms. The molecule has 0 spiro atoms. The van der Waals surface area contributed by atoms with E-state index in [1.165, 1.54) is 64.2 Å². The fraction of sp³-hybridized carbons (Fsp3) is 0.625. The molecule has 3 aliphatic rings. The largest absolute Gasteiger partial charge is 0.0807 e. The molecule has 0 atom stereocenters. The zero-order chi connectivity index (χ0) is 10.8. The lowest BCUT2D eigenvalue weighted by molar-refractivity contribution is 0.590. The highest BCUT2D eigenvalue weighted by Crippen LogP contribution is 2.41. The number of hydrogen-bond donors (Lipinski definition) is 0. The van der Waals surface area contributed by atoms with Gasteiger partial charge < -0.3 is 0 Å². The van der Waals surface area contributed by atoms with Crippen molar-refractivity contribution in [1.82, 2.24) is 0 Å². The van der Waals surface area contributed by atoms with Gasteiger partial charge in [-0.2, -0.15) is 0 Å². The van der Waals surface area contributed by atoms with Crippen LogP contribution in [0.1, 0.15) is 64.2 Å². The Bertz CT molecular complexity index is 357. The van der Waals surface area contributed by atoms with Gasteiger partial charge >= 0.3 is 0 Å². The summed E-state index contributed by atoms with van der Waals surface area (Å²) in [5, 5.41) is 0. The maximum atomic E-state index is 2.50. The van der Waals surface area contributed by atoms with Crippen LogP contribution < -0.4 is 0 Å². The summed E-state index contributed by atoms with van der Waals surface area (Å²) in [6.45, 7) is 0. The average molecular weight is 214 g/mol. The second-order valence-electron chi connectivity index (χ2n) is 5.44. The fourth-order valence-electron chi connectivity index (χ4n) is 3.33. The van der Waals surface area contributed by atoms with E-state index in [4.69, 9.17) is 0 Å². The number of allylic oxidation sites excluding steroid dienone is 6. The molecule has 0 unspecified atom stereocenters. The van der Waals surface area contributed by atoms with E-state index in [0.29, 0.717) is 0 Å². The molecular formula is C16H22. The molecule has 0 aromatic heterocycles. The zero-order valence-electron chi connectivity index (χ0n) is 10.2. The molecule has 0 N–H and O–H groups in total. The van der Waals surface area contributed by atoms with Crippen molar-refractivity contribution in [2.45, 2.75) is 64.2 Å². The molecule has 0 nitrogen and oxygen atoms in total. The second kappa shape index (κ2) is 4.61. The van der Waals surface area contributed by atoms with E-state index in [1.807, 2.05) is 0 Å². The van der Waals surface area contributed by atoms with Gasteiger partial charge in [-0.15, -0.1) is 0 Å². The number of rotatable bonds is 1. The summed E-state index contributed by atoms with van der Waals surface area (Å²) in [6, 6.07) is 0. The lowest BCUT2D eigenvalue weighted by atomic mass is 9.76. The van der Waals surface area contributed by atoms with E-state index in [0.717, 1.165) is 0 Å². The van der Waals surface area contributed by atoms with Crippen molar-refractivity contribution in [1.29, 1.82) is 0 Å². The Morgan fingerprint density at radius 2 is 1.56 bits per heavy atom. The molecule has 0 heterocycles. The van der Waals surface area contributed by atoms with E-state index in [-0.39, 0.29) is 0 Å². The smallest absolute Gasteiger partial charge is 0.00828 e. The van der Waals surface area contributed by atoms with Gasteiger partial charge in [-0.3, -0.25) is 0 Å². The first-order chi connectivity index (χ1) is 7.95. The van der Waals surface area contributed by atoms with Crippen molar-refractivity contribution in [3.8, 4) is 0 Å². The molecule has 0 amide bonds. The predicted octanol–water partition coefficient (Wildman–Crippen LogP) is 5.08. The van der Waals surface area contributed by atoms with Crippen LogP contribution in [0.5, 0.6) is 0 Å². The van der Waals surface area contributed by atoms with E-state index in [9.17, 15) is 0 Å². The molecule has 3 rings (SSSR count). The van der Waals surface area contributed by atoms with E-state index >= 15 is 0 Å². The van der Waals surface area contributed by atoms with Crippen molar-refractivity contribution in [3.05, 3.63) is 34.4 Å². The van der Waals surface area contributed by atoms with Crippen LogP contribution >= 0.6 is 0 Å². The molecular weight excluding hydrogens is 192 g/mol. The molecule has 16 heavy (non-hydrogen) atoms. The first-order valence-electron chi connectivity index (χ1n) is 7.06. The topological polar surface area (TPSA) is 0 Å². The van der Waals surface area contributed by atoms with E-state index in [2.05, 4.69) is 12.2 Å². The quantitative estimate of drug-likeness (QED) is 0.571. The summed E-state index contributed by atoms with van der Waals surface area (Å²) in [7, 11) is 0. The Labute approximate surface area is 99.1 Å². The summed E-state index contributed by atoms with van der Waals surface area (Å²) in [4.78, 5) is 0. The van der Waals surface area contributed by atoms with Crippen LogP contribution in [0.25, 0.3) is 0 Å². The minimum atomic E-state index is 1.27. The highest BCUT2D eigenvalue weighted by atomic mass is 14.3. The van der Waals surface area contributed by atoms with Gasteiger partial charge in [-0.25, -0.2) is 0 Å². The fourth-order valence-corrected chi connectivity index (χ4v) is 3.33. The predicted molar refractivity (Wildman–Crippen MR) is 69.4 cm³/mol. The molecule has 3 aliphatic carbocycles. The Hall–Kier alpha value is -0.780. The summed E-state index contributed by atoms with van der Waals surface area (Å²) in [5.41, 5.74) is 6.87. The highest BCUT2D eigenvalue weighted by Gasteiger charge is 2.22. The van der Waals surface area contributed by atoms with Crippen LogP contribution in [0.4, 0.5) is 0 Å². The molecule has 0 aliphatic heterocycles. The van der Waals surface area contributed by atoms with Gasteiger partial charge in [0, 0.05) is 0 Å². The maximum absolute atomic E-state index is 2.50. The van der Waals surface area contributed by atoms with Gasteiger partial charge in [0.1, 0.15) is 0 Å². The third-order valence-electron chi connectivity index (χ3n) is 4.36. The van der Waals surface area contributed by atoms with Gasteiger partial charge in [0.05, 0.1) is 0 Å². The minimum Gasteiger partial charge on any atom is -0.0807 e. The Kier molecular flexibility index (Phi) is 2.99. The van der Waals surface area contributed by atoms with Gasteiger partial charge in [-0.05, 0) is 74.5 Å². The first-order valence-corrected chi connectivity index (χ1v) is 7.06. The van der Waals surface area contributed by atoms with Crippen molar-refractivity contribution < 1.29 is 0 Å². The number of hydrogen-bond acceptors (Lipinski definition) is 0. The molecule has 0 aromatic carbocycles. The average Bonchev–Trinajstić information content (AvgIpc) is 2.30. The van der Waals surface area contributed by atoms with Gasteiger partial charge in [0.15, 0.2) is 0 Å². The minimum absolute atomic E-state index is 1.27. The summed E-state index contributed by atoms with van der Waals surface area (Å²) in [6.07, 6.45) is 18.8. The van der Waals surface area contributed by atoms with Crippen LogP contribution in [0, 0.1) is 0 Å². The van der Waals surface area contributed by atoms with Crippen molar-refractivity contribution in [2.24, 2.45) is 0 Å². The van der Waals surface area contributed by atoms with E-state index < -0.39 is 0 Å². The Balaban J connectivity index is 1.79. The lowest BCUT2D eigenvalue weighted by Crippen LogP contribution is -2.10. The normalized spacial score (nSPS) is 26.0. The Morgan fingerprint density at radius 1 is 0.750 bits per heavy atom. The monoisotopic (exact) mass is 214 g/mol. The van der Waals surface area contributed by atoms with Crippen LogP contribution in [-0.4, -0.2) is 0 Å². The van der Waals surface area contributed by atoms with Crippen LogP contribution in [0.15, 0.2) is 34.4 Å². The third kappa shape index (κ3) is 1.90. The highest BCUT2D eigenvalue weighted by molar-refractivity contribution is 5.56. The second-order valence-corrected chi connectivity index (χ2v) is 5.44. The summed E-state index contributed by atoms with van der Waals surface area (Å²) < 4.78 is 0. The van der Waals surface area contributed by atoms with Crippen LogP contribution in [-0.2, 0) is 0 Å². The van der Waals surface area contributed by atoms with Crippen molar-refractivity contribution >= 4 is 0 Å². The summed E-state index contributed by atoms with van der Waals surface area (Å²) in [5.74, 6) is 0. The Morgan fingerprint density at radius 3 is 2.19 bits per heavy atom. The zero-order valence-corrected chi connectivity index (χ0v) is 10.2. The molecule has 0 saturated heterocycles. The molecule has 1 saturated carbocycles.